The highest BCUT2D eigenvalue weighted by molar-refractivity contribution is 8.01. The van der Waals surface area contributed by atoms with E-state index in [-0.39, 0.29) is 10.4 Å². The Morgan fingerprint density at radius 2 is 2.00 bits per heavy atom. The van der Waals surface area contributed by atoms with Crippen LogP contribution in [0.3, 0.4) is 0 Å². The first kappa shape index (κ1) is 16.6. The molecule has 0 spiro atoms. The normalized spacial score (nSPS) is 11.6. The Bertz CT molecular complexity index is 788. The maximum atomic E-state index is 12.3. The van der Waals surface area contributed by atoms with Gasteiger partial charge in [-0.05, 0) is 6.07 Å². The lowest BCUT2D eigenvalue weighted by Crippen LogP contribution is -2.14. The molecule has 8 nitrogen and oxygen atoms in total. The number of thioether (sulfide) groups is 1. The van der Waals surface area contributed by atoms with Gasteiger partial charge >= 0.3 is 0 Å². The van der Waals surface area contributed by atoms with E-state index in [1.54, 1.807) is 0 Å². The van der Waals surface area contributed by atoms with E-state index in [0.29, 0.717) is 4.34 Å². The summed E-state index contributed by atoms with van der Waals surface area (Å²) in [6.45, 7) is 3.95. The largest absolute Gasteiger partial charge is 0.289 e. The quantitative estimate of drug-likeness (QED) is 0.478. The first-order valence-corrected chi connectivity index (χ1v) is 9.24. The summed E-state index contributed by atoms with van der Waals surface area (Å²) in [5, 5.41) is 18.9. The molecule has 0 aliphatic rings. The van der Waals surface area contributed by atoms with Crippen LogP contribution in [-0.4, -0.2) is 28.8 Å². The number of nitrogens with zero attached hydrogens (tertiary/aromatic N) is 3. The van der Waals surface area contributed by atoms with Crippen molar-refractivity contribution in [2.24, 2.45) is 0 Å². The average molecular weight is 360 g/mol. The van der Waals surface area contributed by atoms with Gasteiger partial charge in [-0.2, -0.15) is 0 Å². The van der Waals surface area contributed by atoms with Crippen molar-refractivity contribution in [3.8, 4) is 0 Å². The molecule has 0 atom stereocenters. The molecule has 118 valence electrons. The van der Waals surface area contributed by atoms with Crippen LogP contribution in [0.4, 0.5) is 10.8 Å². The third-order valence-corrected chi connectivity index (χ3v) is 5.76. The lowest BCUT2D eigenvalue weighted by Gasteiger charge is -2.05. The number of nitrogens with one attached hydrogen (secondary N) is 1. The number of rotatable bonds is 6. The lowest BCUT2D eigenvalue weighted by molar-refractivity contribution is -0.387. The van der Waals surface area contributed by atoms with E-state index in [1.807, 2.05) is 13.8 Å². The van der Waals surface area contributed by atoms with Gasteiger partial charge in [-0.25, -0.2) is 8.42 Å². The molecular weight excluding hydrogens is 348 g/mol. The average Bonchev–Trinajstić information content (AvgIpc) is 2.84. The Kier molecular flexibility index (Phi) is 4.98. The molecule has 1 heterocycles. The zero-order chi connectivity index (χ0) is 16.3. The fraction of sp³-hybridized carbons (Fsp3) is 0.273. The van der Waals surface area contributed by atoms with Gasteiger partial charge in [0.1, 0.15) is 0 Å². The number of para-hydroxylation sites is 1. The van der Waals surface area contributed by atoms with Crippen LogP contribution >= 0.6 is 23.1 Å². The van der Waals surface area contributed by atoms with Crippen molar-refractivity contribution in [2.75, 3.05) is 4.72 Å². The van der Waals surface area contributed by atoms with Crippen LogP contribution in [0.1, 0.15) is 13.8 Å². The first-order chi connectivity index (χ1) is 10.3. The van der Waals surface area contributed by atoms with Crippen LogP contribution < -0.4 is 4.72 Å². The Balaban J connectivity index is 2.29. The van der Waals surface area contributed by atoms with Crippen molar-refractivity contribution in [2.45, 2.75) is 28.3 Å². The number of nitro benzene ring substituents is 1. The molecule has 0 radical (unpaired) electrons. The Labute approximate surface area is 135 Å². The monoisotopic (exact) mass is 360 g/mol. The van der Waals surface area contributed by atoms with Crippen LogP contribution in [0.2, 0.25) is 0 Å². The summed E-state index contributed by atoms with van der Waals surface area (Å²) in [6.07, 6.45) is 0. The molecule has 0 saturated heterocycles. The van der Waals surface area contributed by atoms with Crippen molar-refractivity contribution in [1.29, 1.82) is 0 Å². The summed E-state index contributed by atoms with van der Waals surface area (Å²) >= 11 is 2.53. The first-order valence-electron chi connectivity index (χ1n) is 6.06. The molecule has 0 saturated carbocycles. The van der Waals surface area contributed by atoms with E-state index in [4.69, 9.17) is 0 Å². The molecule has 1 N–H and O–H groups in total. The van der Waals surface area contributed by atoms with Crippen LogP contribution in [0.25, 0.3) is 0 Å². The molecule has 1 aromatic heterocycles. The van der Waals surface area contributed by atoms with Gasteiger partial charge in [0.15, 0.2) is 9.24 Å². The molecule has 2 rings (SSSR count). The predicted molar refractivity (Wildman–Crippen MR) is 84.8 cm³/mol. The van der Waals surface area contributed by atoms with Crippen molar-refractivity contribution in [3.63, 3.8) is 0 Å². The summed E-state index contributed by atoms with van der Waals surface area (Å²) in [7, 11) is -4.10. The number of nitro groups is 1. The standard InChI is InChI=1S/C11H12N4O4S3/c1-7(2)20-11-13-12-10(21-11)14-22(18,19)9-6-4-3-5-8(9)15(16)17/h3-7H,1-2H3,(H,12,14). The molecule has 2 aromatic rings. The Morgan fingerprint density at radius 1 is 1.32 bits per heavy atom. The highest BCUT2D eigenvalue weighted by Gasteiger charge is 2.26. The van der Waals surface area contributed by atoms with Crippen molar-refractivity contribution < 1.29 is 13.3 Å². The molecule has 11 heteroatoms. The number of aromatic nitrogens is 2. The molecule has 0 unspecified atom stereocenters. The highest BCUT2D eigenvalue weighted by Crippen LogP contribution is 2.31. The maximum absolute atomic E-state index is 12.3. The van der Waals surface area contributed by atoms with Gasteiger partial charge in [-0.1, -0.05) is 49.1 Å². The van der Waals surface area contributed by atoms with Crippen LogP contribution in [0.15, 0.2) is 33.5 Å². The van der Waals surface area contributed by atoms with Crippen LogP contribution in [0, 0.1) is 10.1 Å². The number of benzene rings is 1. The molecule has 1 aromatic carbocycles. The van der Waals surface area contributed by atoms with Crippen molar-refractivity contribution >= 4 is 43.9 Å². The molecule has 0 fully saturated rings. The van der Waals surface area contributed by atoms with E-state index >= 15 is 0 Å². The maximum Gasteiger partial charge on any atom is 0.289 e. The second-order valence-electron chi connectivity index (χ2n) is 4.37. The van der Waals surface area contributed by atoms with Crippen LogP contribution in [0.5, 0.6) is 0 Å². The van der Waals surface area contributed by atoms with E-state index in [9.17, 15) is 18.5 Å². The minimum absolute atomic E-state index is 0.0706. The molecular formula is C11H12N4O4S3. The second-order valence-corrected chi connectivity index (χ2v) is 8.82. The van der Waals surface area contributed by atoms with Gasteiger partial charge in [-0.3, -0.25) is 14.8 Å². The van der Waals surface area contributed by atoms with Crippen LogP contribution in [-0.2, 0) is 10.0 Å². The molecule has 0 aliphatic carbocycles. The van der Waals surface area contributed by atoms with Gasteiger partial charge in [0.25, 0.3) is 15.7 Å². The summed E-state index contributed by atoms with van der Waals surface area (Å²) in [4.78, 5) is 9.78. The minimum atomic E-state index is -4.10. The molecule has 0 aliphatic heterocycles. The fourth-order valence-electron chi connectivity index (χ4n) is 1.51. The second kappa shape index (κ2) is 6.58. The zero-order valence-corrected chi connectivity index (χ0v) is 14.0. The SMILES string of the molecule is CC(C)Sc1nnc(NS(=O)(=O)c2ccccc2[N+](=O)[O-])s1. The number of hydrogen-bond acceptors (Lipinski definition) is 8. The summed E-state index contributed by atoms with van der Waals surface area (Å²) < 4.78 is 27.4. The van der Waals surface area contributed by atoms with E-state index in [1.165, 1.54) is 30.0 Å². The zero-order valence-electron chi connectivity index (χ0n) is 11.6. The van der Waals surface area contributed by atoms with Gasteiger partial charge in [0.2, 0.25) is 5.13 Å². The van der Waals surface area contributed by atoms with Crippen molar-refractivity contribution in [1.82, 2.24) is 10.2 Å². The minimum Gasteiger partial charge on any atom is -0.258 e. The number of anilines is 1. The van der Waals surface area contributed by atoms with Gasteiger partial charge in [-0.15, -0.1) is 10.2 Å². The van der Waals surface area contributed by atoms with Gasteiger partial charge in [0.05, 0.1) is 4.92 Å². The van der Waals surface area contributed by atoms with Crippen molar-refractivity contribution in [3.05, 3.63) is 34.4 Å². The fourth-order valence-corrected chi connectivity index (χ4v) is 4.88. The third-order valence-electron chi connectivity index (χ3n) is 2.32. The summed E-state index contributed by atoms with van der Waals surface area (Å²) in [6, 6.07) is 5.13. The van der Waals surface area contributed by atoms with Gasteiger partial charge < -0.3 is 0 Å². The van der Waals surface area contributed by atoms with Gasteiger partial charge in [0, 0.05) is 11.3 Å². The highest BCUT2D eigenvalue weighted by atomic mass is 32.2. The topological polar surface area (TPSA) is 115 Å². The van der Waals surface area contributed by atoms with E-state index in [2.05, 4.69) is 14.9 Å². The Morgan fingerprint density at radius 3 is 2.64 bits per heavy atom. The van der Waals surface area contributed by atoms with E-state index < -0.39 is 25.5 Å². The third kappa shape index (κ3) is 3.93. The smallest absolute Gasteiger partial charge is 0.258 e. The summed E-state index contributed by atoms with van der Waals surface area (Å²) in [5.41, 5.74) is -0.490. The molecule has 22 heavy (non-hydrogen) atoms. The molecule has 0 bridgehead atoms. The number of hydrogen-bond donors (Lipinski definition) is 1. The number of sulfonamides is 1. The Hall–Kier alpha value is -1.72. The predicted octanol–water partition coefficient (Wildman–Crippen LogP) is 2.75. The van der Waals surface area contributed by atoms with E-state index in [0.717, 1.165) is 17.4 Å². The summed E-state index contributed by atoms with van der Waals surface area (Å²) in [5.74, 6) is 0. The molecule has 0 amide bonds. The lowest BCUT2D eigenvalue weighted by atomic mass is 10.3.